The first-order valence-electron chi connectivity index (χ1n) is 7.66. The summed E-state index contributed by atoms with van der Waals surface area (Å²) in [4.78, 5) is 12.7. The van der Waals surface area contributed by atoms with E-state index in [9.17, 15) is 4.79 Å². The summed E-state index contributed by atoms with van der Waals surface area (Å²) < 4.78 is 5.67. The number of para-hydroxylation sites is 1. The molecule has 0 aliphatic heterocycles. The van der Waals surface area contributed by atoms with E-state index in [1.54, 1.807) is 0 Å². The van der Waals surface area contributed by atoms with Crippen LogP contribution in [0.4, 0.5) is 5.69 Å². The minimum absolute atomic E-state index is 0.0414. The van der Waals surface area contributed by atoms with Crippen LogP contribution in [0.3, 0.4) is 0 Å². The molecule has 2 atom stereocenters. The lowest BCUT2D eigenvalue weighted by Crippen LogP contribution is -2.74. The maximum absolute atomic E-state index is 12.7. The van der Waals surface area contributed by atoms with E-state index in [1.807, 2.05) is 45.0 Å². The molecule has 1 aliphatic carbocycles. The zero-order valence-corrected chi connectivity index (χ0v) is 13.4. The maximum Gasteiger partial charge on any atom is 0.245 e. The molecule has 21 heavy (non-hydrogen) atoms. The number of nitrogens with two attached hydrogens (primary N) is 1. The van der Waals surface area contributed by atoms with Gasteiger partial charge in [-0.25, -0.2) is 0 Å². The van der Waals surface area contributed by atoms with Gasteiger partial charge in [-0.05, 0) is 25.0 Å². The number of aryl methyl sites for hydroxylation is 1. The quantitative estimate of drug-likeness (QED) is 0.876. The second-order valence-corrected chi connectivity index (χ2v) is 6.31. The fourth-order valence-electron chi connectivity index (χ4n) is 3.00. The Morgan fingerprint density at radius 1 is 1.38 bits per heavy atom. The van der Waals surface area contributed by atoms with Crippen LogP contribution in [-0.2, 0) is 16.0 Å². The first-order chi connectivity index (χ1) is 9.86. The van der Waals surface area contributed by atoms with Crippen molar-refractivity contribution >= 4 is 11.6 Å². The fraction of sp³-hybridized carbons (Fsp3) is 0.588. The lowest BCUT2D eigenvalue weighted by Gasteiger charge is -2.57. The van der Waals surface area contributed by atoms with Crippen molar-refractivity contribution in [2.45, 2.75) is 52.2 Å². The number of carbonyl (C=O) groups is 1. The standard InChI is InChI=1S/C17H26N2O2/c1-5-12-9-7-8-10-13(12)19-15(20)17(18)11-14(21-6-2)16(17,3)4/h7-10,14H,5-6,11,18H2,1-4H3,(H,19,20). The summed E-state index contributed by atoms with van der Waals surface area (Å²) in [5.41, 5.74) is 7.11. The van der Waals surface area contributed by atoms with Crippen molar-refractivity contribution < 1.29 is 9.53 Å². The normalized spacial score (nSPS) is 27.0. The van der Waals surface area contributed by atoms with Crippen LogP contribution in [0.5, 0.6) is 0 Å². The number of carbonyl (C=O) groups excluding carboxylic acids is 1. The van der Waals surface area contributed by atoms with Crippen LogP contribution < -0.4 is 11.1 Å². The molecule has 0 heterocycles. The van der Waals surface area contributed by atoms with Crippen LogP contribution >= 0.6 is 0 Å². The van der Waals surface area contributed by atoms with Crippen molar-refractivity contribution in [1.82, 2.24) is 0 Å². The third kappa shape index (κ3) is 2.58. The Morgan fingerprint density at radius 2 is 2.05 bits per heavy atom. The average Bonchev–Trinajstić information content (AvgIpc) is 2.47. The van der Waals surface area contributed by atoms with E-state index in [-0.39, 0.29) is 17.4 Å². The van der Waals surface area contributed by atoms with E-state index < -0.39 is 5.54 Å². The molecule has 4 heteroatoms. The van der Waals surface area contributed by atoms with Crippen molar-refractivity contribution in [2.75, 3.05) is 11.9 Å². The lowest BCUT2D eigenvalue weighted by atomic mass is 9.54. The number of rotatable bonds is 5. The molecule has 0 aromatic heterocycles. The lowest BCUT2D eigenvalue weighted by molar-refractivity contribution is -0.166. The summed E-state index contributed by atoms with van der Waals surface area (Å²) in [5, 5.41) is 3.00. The minimum atomic E-state index is -0.881. The number of hydrogen-bond donors (Lipinski definition) is 2. The number of ether oxygens (including phenoxy) is 1. The van der Waals surface area contributed by atoms with E-state index >= 15 is 0 Å². The molecule has 1 aromatic carbocycles. The van der Waals surface area contributed by atoms with E-state index in [4.69, 9.17) is 10.5 Å². The third-order valence-electron chi connectivity index (χ3n) is 4.88. The molecule has 1 fully saturated rings. The van der Waals surface area contributed by atoms with Gasteiger partial charge in [0.15, 0.2) is 0 Å². The third-order valence-corrected chi connectivity index (χ3v) is 4.88. The molecule has 116 valence electrons. The smallest absolute Gasteiger partial charge is 0.245 e. The second kappa shape index (κ2) is 5.78. The van der Waals surface area contributed by atoms with Crippen LogP contribution in [0.15, 0.2) is 24.3 Å². The Labute approximate surface area is 127 Å². The molecule has 2 unspecified atom stereocenters. The van der Waals surface area contributed by atoms with Crippen LogP contribution in [0, 0.1) is 5.41 Å². The van der Waals surface area contributed by atoms with E-state index in [1.165, 1.54) is 0 Å². The Balaban J connectivity index is 2.14. The van der Waals surface area contributed by atoms with Gasteiger partial charge in [-0.15, -0.1) is 0 Å². The molecule has 1 amide bonds. The average molecular weight is 290 g/mol. The monoisotopic (exact) mass is 290 g/mol. The summed E-state index contributed by atoms with van der Waals surface area (Å²) in [6.07, 6.45) is 1.48. The largest absolute Gasteiger partial charge is 0.378 e. The van der Waals surface area contributed by atoms with Gasteiger partial charge in [0.25, 0.3) is 0 Å². The Bertz CT molecular complexity index is 527. The molecule has 4 nitrogen and oxygen atoms in total. The summed E-state index contributed by atoms with van der Waals surface area (Å²) in [6.45, 7) is 8.68. The maximum atomic E-state index is 12.7. The topological polar surface area (TPSA) is 64.3 Å². The molecule has 2 rings (SSSR count). The SMILES string of the molecule is CCOC1CC(N)(C(=O)Nc2ccccc2CC)C1(C)C. The van der Waals surface area contributed by atoms with Gasteiger partial charge < -0.3 is 15.8 Å². The Hall–Kier alpha value is -1.39. The summed E-state index contributed by atoms with van der Waals surface area (Å²) in [7, 11) is 0. The van der Waals surface area contributed by atoms with Crippen molar-refractivity contribution in [3.8, 4) is 0 Å². The molecule has 0 radical (unpaired) electrons. The van der Waals surface area contributed by atoms with Gasteiger partial charge in [0.2, 0.25) is 5.91 Å². The van der Waals surface area contributed by atoms with Crippen molar-refractivity contribution in [3.05, 3.63) is 29.8 Å². The van der Waals surface area contributed by atoms with Gasteiger partial charge in [-0.3, -0.25) is 4.79 Å². The van der Waals surface area contributed by atoms with Crippen LogP contribution in [0.25, 0.3) is 0 Å². The number of benzene rings is 1. The molecule has 0 bridgehead atoms. The van der Waals surface area contributed by atoms with Gasteiger partial charge in [0, 0.05) is 24.1 Å². The minimum Gasteiger partial charge on any atom is -0.378 e. The highest BCUT2D eigenvalue weighted by Crippen LogP contribution is 2.50. The highest BCUT2D eigenvalue weighted by atomic mass is 16.5. The second-order valence-electron chi connectivity index (χ2n) is 6.31. The van der Waals surface area contributed by atoms with Gasteiger partial charge >= 0.3 is 0 Å². The van der Waals surface area contributed by atoms with Gasteiger partial charge in [-0.1, -0.05) is 39.0 Å². The first-order valence-corrected chi connectivity index (χ1v) is 7.66. The van der Waals surface area contributed by atoms with E-state index in [0.717, 1.165) is 17.7 Å². The van der Waals surface area contributed by atoms with Crippen molar-refractivity contribution in [3.63, 3.8) is 0 Å². The van der Waals surface area contributed by atoms with E-state index in [2.05, 4.69) is 12.2 Å². The molecule has 3 N–H and O–H groups in total. The molecule has 1 aromatic rings. The predicted octanol–water partition coefficient (Wildman–Crippen LogP) is 2.72. The number of anilines is 1. The zero-order valence-electron chi connectivity index (χ0n) is 13.4. The molecule has 0 spiro atoms. The highest BCUT2D eigenvalue weighted by molar-refractivity contribution is 6.00. The fourth-order valence-corrected chi connectivity index (χ4v) is 3.00. The van der Waals surface area contributed by atoms with Crippen molar-refractivity contribution in [1.29, 1.82) is 0 Å². The highest BCUT2D eigenvalue weighted by Gasteiger charge is 2.62. The Kier molecular flexibility index (Phi) is 4.40. The van der Waals surface area contributed by atoms with Crippen LogP contribution in [0.1, 0.15) is 39.7 Å². The Morgan fingerprint density at radius 3 is 2.62 bits per heavy atom. The van der Waals surface area contributed by atoms with Crippen molar-refractivity contribution in [2.24, 2.45) is 11.1 Å². The van der Waals surface area contributed by atoms with Gasteiger partial charge in [0.05, 0.1) is 6.10 Å². The number of hydrogen-bond acceptors (Lipinski definition) is 3. The van der Waals surface area contributed by atoms with E-state index in [0.29, 0.717) is 13.0 Å². The van der Waals surface area contributed by atoms with Gasteiger partial charge in [-0.2, -0.15) is 0 Å². The zero-order chi connectivity index (χ0) is 15.7. The molecular weight excluding hydrogens is 264 g/mol. The molecular formula is C17H26N2O2. The molecule has 0 saturated heterocycles. The molecule has 1 aliphatic rings. The predicted molar refractivity (Wildman–Crippen MR) is 85.2 cm³/mol. The van der Waals surface area contributed by atoms with Crippen LogP contribution in [0.2, 0.25) is 0 Å². The summed E-state index contributed by atoms with van der Waals surface area (Å²) >= 11 is 0. The summed E-state index contributed by atoms with van der Waals surface area (Å²) in [5.74, 6) is -0.121. The van der Waals surface area contributed by atoms with Crippen LogP contribution in [-0.4, -0.2) is 24.2 Å². The first kappa shape index (κ1) is 16.0. The summed E-state index contributed by atoms with van der Waals surface area (Å²) in [6, 6.07) is 7.84. The van der Waals surface area contributed by atoms with Gasteiger partial charge in [0.1, 0.15) is 5.54 Å². The molecule has 1 saturated carbocycles. The number of nitrogens with one attached hydrogen (secondary N) is 1. The number of amides is 1.